The predicted molar refractivity (Wildman–Crippen MR) is 82.8 cm³/mol. The highest BCUT2D eigenvalue weighted by Crippen LogP contribution is 2.35. The van der Waals surface area contributed by atoms with E-state index < -0.39 is 0 Å². The summed E-state index contributed by atoms with van der Waals surface area (Å²) >= 11 is 0. The molecule has 0 amide bonds. The van der Waals surface area contributed by atoms with Gasteiger partial charge in [-0.15, -0.1) is 0 Å². The normalized spacial score (nSPS) is 27.0. The number of nitrogens with zero attached hydrogens (tertiary/aromatic N) is 1. The van der Waals surface area contributed by atoms with E-state index in [1.54, 1.807) is 0 Å². The number of piperidine rings is 1. The molecule has 3 nitrogen and oxygen atoms in total. The van der Waals surface area contributed by atoms with Crippen molar-refractivity contribution in [3.05, 3.63) is 35.4 Å². The molecule has 2 aliphatic rings. The smallest absolute Gasteiger partial charge is 0.122 e. The van der Waals surface area contributed by atoms with Crippen LogP contribution in [0.25, 0.3) is 0 Å². The van der Waals surface area contributed by atoms with Crippen LogP contribution in [0, 0.1) is 11.3 Å². The Labute approximate surface area is 121 Å². The summed E-state index contributed by atoms with van der Waals surface area (Å²) in [6.07, 6.45) is 8.45. The van der Waals surface area contributed by atoms with Crippen LogP contribution in [0.1, 0.15) is 49.7 Å². The zero-order valence-corrected chi connectivity index (χ0v) is 12.1. The first-order valence-electron chi connectivity index (χ1n) is 7.91. The largest absolute Gasteiger partial charge is 0.384 e. The van der Waals surface area contributed by atoms with Gasteiger partial charge in [-0.3, -0.25) is 10.3 Å². The third-order valence-corrected chi connectivity index (χ3v) is 5.01. The van der Waals surface area contributed by atoms with Crippen LogP contribution < -0.4 is 5.73 Å². The molecule has 1 saturated carbocycles. The highest BCUT2D eigenvalue weighted by Gasteiger charge is 2.32. The number of benzene rings is 1. The third-order valence-electron chi connectivity index (χ3n) is 5.01. The Morgan fingerprint density at radius 1 is 1.10 bits per heavy atom. The molecular formula is C17H25N3. The fourth-order valence-corrected chi connectivity index (χ4v) is 3.95. The van der Waals surface area contributed by atoms with Crippen LogP contribution in [-0.2, 0) is 6.54 Å². The topological polar surface area (TPSA) is 53.1 Å². The molecule has 2 fully saturated rings. The van der Waals surface area contributed by atoms with E-state index in [0.29, 0.717) is 0 Å². The molecule has 1 aliphatic heterocycles. The van der Waals surface area contributed by atoms with Crippen LogP contribution in [0.5, 0.6) is 0 Å². The molecule has 1 saturated heterocycles. The van der Waals surface area contributed by atoms with Crippen LogP contribution in [-0.4, -0.2) is 23.3 Å². The summed E-state index contributed by atoms with van der Waals surface area (Å²) in [4.78, 5) is 2.69. The zero-order valence-electron chi connectivity index (χ0n) is 12.1. The second kappa shape index (κ2) is 5.96. The Morgan fingerprint density at radius 3 is 2.55 bits per heavy atom. The second-order valence-corrected chi connectivity index (χ2v) is 6.34. The van der Waals surface area contributed by atoms with E-state index in [0.717, 1.165) is 24.1 Å². The van der Waals surface area contributed by atoms with Crippen LogP contribution in [0.15, 0.2) is 24.3 Å². The summed E-state index contributed by atoms with van der Waals surface area (Å²) in [7, 11) is 0. The Balaban J connectivity index is 1.68. The molecule has 0 unspecified atom stereocenters. The lowest BCUT2D eigenvalue weighted by Crippen LogP contribution is -2.46. The van der Waals surface area contributed by atoms with Crippen molar-refractivity contribution < 1.29 is 0 Å². The minimum atomic E-state index is 0.155. The number of rotatable bonds is 3. The molecule has 1 aromatic rings. The monoisotopic (exact) mass is 271 g/mol. The van der Waals surface area contributed by atoms with Crippen LogP contribution in [0.4, 0.5) is 0 Å². The Hall–Kier alpha value is -1.35. The van der Waals surface area contributed by atoms with Gasteiger partial charge in [0.1, 0.15) is 5.84 Å². The average Bonchev–Trinajstić information content (AvgIpc) is 2.48. The molecule has 0 bridgehead atoms. The quantitative estimate of drug-likeness (QED) is 0.655. The number of hydrogen-bond donors (Lipinski definition) is 2. The molecule has 0 spiro atoms. The highest BCUT2D eigenvalue weighted by atomic mass is 15.2. The maximum Gasteiger partial charge on any atom is 0.122 e. The highest BCUT2D eigenvalue weighted by molar-refractivity contribution is 5.94. The van der Waals surface area contributed by atoms with E-state index in [-0.39, 0.29) is 5.84 Å². The van der Waals surface area contributed by atoms with Crippen molar-refractivity contribution >= 4 is 5.84 Å². The van der Waals surface area contributed by atoms with Gasteiger partial charge in [0.05, 0.1) is 0 Å². The van der Waals surface area contributed by atoms with E-state index >= 15 is 0 Å². The van der Waals surface area contributed by atoms with E-state index in [2.05, 4.69) is 17.0 Å². The fraction of sp³-hybridized carbons (Fsp3) is 0.588. The Bertz CT molecular complexity index is 464. The average molecular weight is 271 g/mol. The summed E-state index contributed by atoms with van der Waals surface area (Å²) in [5, 5.41) is 7.45. The number of amidine groups is 1. The Morgan fingerprint density at radius 2 is 1.80 bits per heavy atom. The number of nitrogen functional groups attached to an aromatic ring is 1. The Kier molecular flexibility index (Phi) is 4.06. The van der Waals surface area contributed by atoms with Crippen molar-refractivity contribution in [3.8, 4) is 0 Å². The second-order valence-electron chi connectivity index (χ2n) is 6.34. The van der Waals surface area contributed by atoms with Gasteiger partial charge in [-0.1, -0.05) is 37.1 Å². The number of hydrogen-bond acceptors (Lipinski definition) is 2. The van der Waals surface area contributed by atoms with Crippen molar-refractivity contribution in [1.29, 1.82) is 5.41 Å². The van der Waals surface area contributed by atoms with E-state index in [1.165, 1.54) is 50.6 Å². The van der Waals surface area contributed by atoms with Crippen molar-refractivity contribution in [2.24, 2.45) is 11.7 Å². The first-order valence-corrected chi connectivity index (χ1v) is 7.91. The zero-order chi connectivity index (χ0) is 13.9. The minimum absolute atomic E-state index is 0.155. The standard InChI is InChI=1S/C17H25N3/c18-17(19)15-9-7-13(8-10-15)12-20-11-3-5-14-4-1-2-6-16(14)20/h7-10,14,16H,1-6,11-12H2,(H3,18,19)/t14-,16-/m1/s1. The predicted octanol–water partition coefficient (Wildman–Crippen LogP) is 3.13. The fourth-order valence-electron chi connectivity index (χ4n) is 3.95. The van der Waals surface area contributed by atoms with E-state index in [1.807, 2.05) is 12.1 Å². The van der Waals surface area contributed by atoms with Gasteiger partial charge in [0.2, 0.25) is 0 Å². The van der Waals surface area contributed by atoms with Gasteiger partial charge in [-0.05, 0) is 43.7 Å². The molecule has 20 heavy (non-hydrogen) atoms. The van der Waals surface area contributed by atoms with Gasteiger partial charge in [-0.25, -0.2) is 0 Å². The molecule has 108 valence electrons. The maximum absolute atomic E-state index is 7.45. The van der Waals surface area contributed by atoms with Gasteiger partial charge in [-0.2, -0.15) is 0 Å². The lowest BCUT2D eigenvalue weighted by atomic mass is 9.78. The van der Waals surface area contributed by atoms with Crippen LogP contribution in [0.2, 0.25) is 0 Å². The van der Waals surface area contributed by atoms with Gasteiger partial charge in [0.25, 0.3) is 0 Å². The van der Waals surface area contributed by atoms with Crippen LogP contribution >= 0.6 is 0 Å². The molecule has 0 aromatic heterocycles. The lowest BCUT2D eigenvalue weighted by Gasteiger charge is -2.44. The molecule has 1 aromatic carbocycles. The molecule has 1 aliphatic carbocycles. The first kappa shape index (κ1) is 13.6. The molecule has 2 atom stereocenters. The van der Waals surface area contributed by atoms with Crippen molar-refractivity contribution in [3.63, 3.8) is 0 Å². The lowest BCUT2D eigenvalue weighted by molar-refractivity contribution is 0.0547. The van der Waals surface area contributed by atoms with Gasteiger partial charge in [0, 0.05) is 18.2 Å². The van der Waals surface area contributed by atoms with E-state index in [4.69, 9.17) is 11.1 Å². The maximum atomic E-state index is 7.45. The molecule has 3 rings (SSSR count). The third kappa shape index (κ3) is 2.88. The molecule has 3 N–H and O–H groups in total. The summed E-state index contributed by atoms with van der Waals surface area (Å²) in [5.74, 6) is 1.09. The van der Waals surface area contributed by atoms with Crippen molar-refractivity contribution in [2.75, 3.05) is 6.54 Å². The number of fused-ring (bicyclic) bond motifs is 1. The van der Waals surface area contributed by atoms with Crippen molar-refractivity contribution in [2.45, 2.75) is 51.1 Å². The van der Waals surface area contributed by atoms with Gasteiger partial charge >= 0.3 is 0 Å². The van der Waals surface area contributed by atoms with Crippen molar-refractivity contribution in [1.82, 2.24) is 4.90 Å². The number of likely N-dealkylation sites (tertiary alicyclic amines) is 1. The molecule has 0 radical (unpaired) electrons. The van der Waals surface area contributed by atoms with E-state index in [9.17, 15) is 0 Å². The molecule has 1 heterocycles. The minimum Gasteiger partial charge on any atom is -0.384 e. The SMILES string of the molecule is N=C(N)c1ccc(CN2CCC[C@H]3CCCC[C@H]32)cc1. The molecule has 3 heteroatoms. The van der Waals surface area contributed by atoms with Crippen LogP contribution in [0.3, 0.4) is 0 Å². The first-order chi connectivity index (χ1) is 9.74. The summed E-state index contributed by atoms with van der Waals surface area (Å²) < 4.78 is 0. The molecular weight excluding hydrogens is 246 g/mol. The van der Waals surface area contributed by atoms with Gasteiger partial charge in [0.15, 0.2) is 0 Å². The summed E-state index contributed by atoms with van der Waals surface area (Å²) in [6, 6.07) is 9.01. The summed E-state index contributed by atoms with van der Waals surface area (Å²) in [6.45, 7) is 2.30. The van der Waals surface area contributed by atoms with Gasteiger partial charge < -0.3 is 5.73 Å². The summed E-state index contributed by atoms with van der Waals surface area (Å²) in [5.41, 5.74) is 7.68. The number of nitrogens with one attached hydrogen (secondary N) is 1. The number of nitrogens with two attached hydrogens (primary N) is 1.